The summed E-state index contributed by atoms with van der Waals surface area (Å²) in [5, 5.41) is 0.296. The Kier molecular flexibility index (Phi) is 2.50. The first-order valence-corrected chi connectivity index (χ1v) is 5.59. The summed E-state index contributed by atoms with van der Waals surface area (Å²) in [4.78, 5) is 11.5. The lowest BCUT2D eigenvalue weighted by Gasteiger charge is -2.09. The third-order valence-corrected chi connectivity index (χ3v) is 3.30. The minimum atomic E-state index is -0.134. The summed E-state index contributed by atoms with van der Waals surface area (Å²) in [5.74, 6) is 0.584. The number of hydrogen-bond acceptors (Lipinski definition) is 3. The highest BCUT2D eigenvalue weighted by Crippen LogP contribution is 2.42. The van der Waals surface area contributed by atoms with E-state index in [1.807, 2.05) is 24.3 Å². The quantitative estimate of drug-likeness (QED) is 0.552. The third-order valence-electron chi connectivity index (χ3n) is 2.03. The van der Waals surface area contributed by atoms with Crippen LogP contribution in [-0.4, -0.2) is 11.2 Å². The molecule has 0 radical (unpaired) electrons. The second-order valence-corrected chi connectivity index (χ2v) is 5.21. The highest BCUT2D eigenvalue weighted by Gasteiger charge is 2.33. The predicted octanol–water partition coefficient (Wildman–Crippen LogP) is 2.79. The number of esters is 1. The van der Waals surface area contributed by atoms with Gasteiger partial charge in [0.25, 0.3) is 0 Å². The molecule has 1 unspecified atom stereocenters. The molecule has 1 atom stereocenters. The van der Waals surface area contributed by atoms with Crippen molar-refractivity contribution in [1.82, 2.24) is 0 Å². The van der Waals surface area contributed by atoms with Crippen LogP contribution in [0.4, 0.5) is 0 Å². The molecule has 3 heteroatoms. The van der Waals surface area contributed by atoms with Crippen LogP contribution in [0, 0.1) is 0 Å². The molecular weight excluding hydrogens is 196 g/mol. The molecule has 0 saturated heterocycles. The average Bonchev–Trinajstić information content (AvgIpc) is 2.43. The van der Waals surface area contributed by atoms with Gasteiger partial charge in [-0.3, -0.25) is 4.79 Å². The molecule has 74 valence electrons. The molecule has 0 aromatic heterocycles. The van der Waals surface area contributed by atoms with Crippen molar-refractivity contribution >= 4 is 17.7 Å². The van der Waals surface area contributed by atoms with Gasteiger partial charge in [0.05, 0.1) is 0 Å². The number of carbonyl (C=O) groups is 1. The molecule has 14 heavy (non-hydrogen) atoms. The van der Waals surface area contributed by atoms with E-state index in [-0.39, 0.29) is 11.2 Å². The number of rotatable bonds is 2. The first-order valence-electron chi connectivity index (χ1n) is 4.64. The summed E-state index contributed by atoms with van der Waals surface area (Å²) in [7, 11) is 0. The van der Waals surface area contributed by atoms with Crippen molar-refractivity contribution in [2.24, 2.45) is 0 Å². The normalized spacial score (nSPS) is 19.6. The number of ether oxygens (including phenoxy) is 1. The molecule has 2 nitrogen and oxygen atoms in total. The second kappa shape index (κ2) is 3.65. The summed E-state index contributed by atoms with van der Waals surface area (Å²) in [6, 6.07) is 7.62. The van der Waals surface area contributed by atoms with Gasteiger partial charge in [0, 0.05) is 10.8 Å². The van der Waals surface area contributed by atoms with Gasteiger partial charge >= 0.3 is 5.97 Å². The summed E-state index contributed by atoms with van der Waals surface area (Å²) in [5.41, 5.74) is 1.01. The molecule has 1 aliphatic heterocycles. The van der Waals surface area contributed by atoms with Gasteiger partial charge in [-0.2, -0.15) is 0 Å². The van der Waals surface area contributed by atoms with Crippen LogP contribution in [0.1, 0.15) is 24.7 Å². The first kappa shape index (κ1) is 9.59. The largest absolute Gasteiger partial charge is 0.425 e. The Hall–Kier alpha value is -0.960. The fraction of sp³-hybridized carbons (Fsp3) is 0.364. The highest BCUT2D eigenvalue weighted by atomic mass is 32.2. The monoisotopic (exact) mass is 208 g/mol. The van der Waals surface area contributed by atoms with Crippen LogP contribution in [0.3, 0.4) is 0 Å². The lowest BCUT2D eigenvalue weighted by molar-refractivity contribution is -0.132. The first-order chi connectivity index (χ1) is 6.68. The van der Waals surface area contributed by atoms with Gasteiger partial charge < -0.3 is 4.74 Å². The molecule has 0 spiro atoms. The van der Waals surface area contributed by atoms with Crippen LogP contribution in [0.5, 0.6) is 5.75 Å². The van der Waals surface area contributed by atoms with Gasteiger partial charge in [0.1, 0.15) is 11.0 Å². The Labute approximate surface area is 87.6 Å². The highest BCUT2D eigenvalue weighted by molar-refractivity contribution is 8.00. The van der Waals surface area contributed by atoms with E-state index in [9.17, 15) is 4.79 Å². The van der Waals surface area contributed by atoms with Crippen LogP contribution >= 0.6 is 11.8 Å². The van der Waals surface area contributed by atoms with Crippen LogP contribution in [0.15, 0.2) is 24.3 Å². The molecule has 1 aliphatic rings. The second-order valence-electron chi connectivity index (χ2n) is 3.52. The number of benzene rings is 1. The molecule has 0 N–H and O–H groups in total. The average molecular weight is 208 g/mol. The van der Waals surface area contributed by atoms with Gasteiger partial charge in [-0.1, -0.05) is 32.0 Å². The van der Waals surface area contributed by atoms with Crippen molar-refractivity contribution in [3.63, 3.8) is 0 Å². The lowest BCUT2D eigenvalue weighted by atomic mass is 10.2. The van der Waals surface area contributed by atoms with E-state index in [4.69, 9.17) is 4.74 Å². The number of thioether (sulfide) groups is 1. The van der Waals surface area contributed by atoms with E-state index in [1.165, 1.54) is 0 Å². The SMILES string of the molecule is CC(C)SC1C(=O)Oc2ccccc21. The number of para-hydroxylation sites is 1. The molecule has 0 aliphatic carbocycles. The van der Waals surface area contributed by atoms with E-state index in [1.54, 1.807) is 11.8 Å². The van der Waals surface area contributed by atoms with Crippen LogP contribution in [-0.2, 0) is 4.79 Å². The van der Waals surface area contributed by atoms with Crippen molar-refractivity contribution in [3.05, 3.63) is 29.8 Å². The fourth-order valence-corrected chi connectivity index (χ4v) is 2.52. The maximum atomic E-state index is 11.5. The summed E-state index contributed by atoms with van der Waals surface area (Å²) >= 11 is 1.64. The molecule has 0 fully saturated rings. The van der Waals surface area contributed by atoms with Crippen LogP contribution < -0.4 is 4.74 Å². The van der Waals surface area contributed by atoms with Gasteiger partial charge in [0.15, 0.2) is 0 Å². The number of fused-ring (bicyclic) bond motifs is 1. The number of hydrogen-bond donors (Lipinski definition) is 0. The maximum Gasteiger partial charge on any atom is 0.329 e. The Balaban J connectivity index is 2.30. The van der Waals surface area contributed by atoms with Gasteiger partial charge in [-0.25, -0.2) is 0 Å². The van der Waals surface area contributed by atoms with E-state index in [0.29, 0.717) is 5.25 Å². The van der Waals surface area contributed by atoms with Crippen molar-refractivity contribution in [2.75, 3.05) is 0 Å². The Morgan fingerprint density at radius 1 is 1.36 bits per heavy atom. The molecule has 1 aromatic rings. The van der Waals surface area contributed by atoms with E-state index in [2.05, 4.69) is 13.8 Å². The van der Waals surface area contributed by atoms with Crippen molar-refractivity contribution in [2.45, 2.75) is 24.3 Å². The third kappa shape index (κ3) is 1.64. The van der Waals surface area contributed by atoms with Gasteiger partial charge in [-0.05, 0) is 6.07 Å². The van der Waals surface area contributed by atoms with E-state index in [0.717, 1.165) is 11.3 Å². The molecule has 1 heterocycles. The molecular formula is C11H12O2S. The zero-order chi connectivity index (χ0) is 10.1. The smallest absolute Gasteiger partial charge is 0.329 e. The standard InChI is InChI=1S/C11H12O2S/c1-7(2)14-10-8-5-3-4-6-9(8)13-11(10)12/h3-7,10H,1-2H3. The van der Waals surface area contributed by atoms with Crippen LogP contribution in [0.2, 0.25) is 0 Å². The summed E-state index contributed by atoms with van der Waals surface area (Å²) in [6.07, 6.45) is 0. The van der Waals surface area contributed by atoms with Gasteiger partial charge in [-0.15, -0.1) is 11.8 Å². The minimum absolute atomic E-state index is 0.133. The maximum absolute atomic E-state index is 11.5. The Morgan fingerprint density at radius 2 is 2.07 bits per heavy atom. The van der Waals surface area contributed by atoms with Gasteiger partial charge in [0.2, 0.25) is 0 Å². The summed E-state index contributed by atoms with van der Waals surface area (Å²) < 4.78 is 5.16. The van der Waals surface area contributed by atoms with Crippen LogP contribution in [0.25, 0.3) is 0 Å². The Bertz CT molecular complexity index is 360. The number of carbonyl (C=O) groups excluding carboxylic acids is 1. The molecule has 0 bridgehead atoms. The lowest BCUT2D eigenvalue weighted by Crippen LogP contribution is -2.09. The van der Waals surface area contributed by atoms with Crippen molar-refractivity contribution < 1.29 is 9.53 Å². The Morgan fingerprint density at radius 3 is 2.79 bits per heavy atom. The van der Waals surface area contributed by atoms with Crippen molar-refractivity contribution in [3.8, 4) is 5.75 Å². The summed E-state index contributed by atoms with van der Waals surface area (Å²) in [6.45, 7) is 4.16. The minimum Gasteiger partial charge on any atom is -0.425 e. The topological polar surface area (TPSA) is 26.3 Å². The zero-order valence-corrected chi connectivity index (χ0v) is 9.01. The predicted molar refractivity (Wildman–Crippen MR) is 57.5 cm³/mol. The van der Waals surface area contributed by atoms with E-state index < -0.39 is 0 Å². The molecule has 2 rings (SSSR count). The molecule has 0 amide bonds. The van der Waals surface area contributed by atoms with Crippen molar-refractivity contribution in [1.29, 1.82) is 0 Å². The van der Waals surface area contributed by atoms with E-state index >= 15 is 0 Å². The fourth-order valence-electron chi connectivity index (χ4n) is 1.48. The zero-order valence-electron chi connectivity index (χ0n) is 8.19. The molecule has 0 saturated carbocycles. The molecule has 1 aromatic carbocycles.